The third kappa shape index (κ3) is 4.76. The van der Waals surface area contributed by atoms with E-state index in [0.29, 0.717) is 6.54 Å². The van der Waals surface area contributed by atoms with Crippen LogP contribution in [0.3, 0.4) is 0 Å². The third-order valence-corrected chi connectivity index (χ3v) is 3.59. The van der Waals surface area contributed by atoms with E-state index >= 15 is 0 Å². The predicted octanol–water partition coefficient (Wildman–Crippen LogP) is 2.97. The van der Waals surface area contributed by atoms with Crippen molar-refractivity contribution in [1.29, 1.82) is 0 Å². The smallest absolute Gasteiger partial charge is 0.320 e. The summed E-state index contributed by atoms with van der Waals surface area (Å²) < 4.78 is 0. The largest absolute Gasteiger partial charge is 0.324 e. The third-order valence-electron chi connectivity index (χ3n) is 3.59. The summed E-state index contributed by atoms with van der Waals surface area (Å²) in [6.45, 7) is 8.58. The number of amides is 3. The summed E-state index contributed by atoms with van der Waals surface area (Å²) in [5.74, 6) is -0.184. The molecule has 5 nitrogen and oxygen atoms in total. The molecule has 3 amide bonds. The van der Waals surface area contributed by atoms with E-state index in [1.807, 2.05) is 52.0 Å². The van der Waals surface area contributed by atoms with Gasteiger partial charge in [-0.3, -0.25) is 4.79 Å². The van der Waals surface area contributed by atoms with E-state index in [9.17, 15) is 9.59 Å². The van der Waals surface area contributed by atoms with Gasteiger partial charge in [-0.1, -0.05) is 25.1 Å². The Hall–Kier alpha value is -2.04. The number of hydrogen-bond donors (Lipinski definition) is 1. The van der Waals surface area contributed by atoms with Crippen molar-refractivity contribution in [3.8, 4) is 0 Å². The lowest BCUT2D eigenvalue weighted by atomic mass is 10.1. The van der Waals surface area contributed by atoms with Crippen molar-refractivity contribution in [2.45, 2.75) is 40.2 Å². The molecule has 0 saturated heterocycles. The first-order valence-corrected chi connectivity index (χ1v) is 7.80. The Balaban J connectivity index is 2.66. The molecule has 122 valence electrons. The molecule has 0 bridgehead atoms. The van der Waals surface area contributed by atoms with Gasteiger partial charge in [-0.25, -0.2) is 4.79 Å². The Bertz CT molecular complexity index is 514. The zero-order valence-electron chi connectivity index (χ0n) is 14.2. The van der Waals surface area contributed by atoms with Gasteiger partial charge in [0.15, 0.2) is 0 Å². The summed E-state index contributed by atoms with van der Waals surface area (Å²) in [6.07, 6.45) is 0.849. The molecule has 5 heteroatoms. The van der Waals surface area contributed by atoms with Crippen LogP contribution in [0.1, 0.15) is 33.3 Å². The molecule has 22 heavy (non-hydrogen) atoms. The molecule has 0 heterocycles. The monoisotopic (exact) mass is 305 g/mol. The fourth-order valence-corrected chi connectivity index (χ4v) is 2.36. The minimum absolute atomic E-state index is 0.0418. The van der Waals surface area contributed by atoms with E-state index in [-0.39, 0.29) is 24.5 Å². The highest BCUT2D eigenvalue weighted by Crippen LogP contribution is 2.15. The van der Waals surface area contributed by atoms with Crippen LogP contribution in [0.25, 0.3) is 0 Å². The van der Waals surface area contributed by atoms with E-state index in [1.165, 1.54) is 4.90 Å². The first-order valence-electron chi connectivity index (χ1n) is 7.80. The van der Waals surface area contributed by atoms with Crippen molar-refractivity contribution in [3.05, 3.63) is 29.8 Å². The minimum Gasteiger partial charge on any atom is -0.324 e. The zero-order valence-corrected chi connectivity index (χ0v) is 14.2. The fraction of sp³-hybridized carbons (Fsp3) is 0.529. The number of hydrogen-bond acceptors (Lipinski definition) is 2. The number of urea groups is 1. The summed E-state index contributed by atoms with van der Waals surface area (Å²) in [5, 5.41) is 2.88. The predicted molar refractivity (Wildman–Crippen MR) is 90.0 cm³/mol. The molecule has 0 saturated carbocycles. The van der Waals surface area contributed by atoms with E-state index in [1.54, 1.807) is 11.9 Å². The average molecular weight is 305 g/mol. The summed E-state index contributed by atoms with van der Waals surface area (Å²) in [4.78, 5) is 27.6. The van der Waals surface area contributed by atoms with Crippen molar-refractivity contribution >= 4 is 17.6 Å². The number of nitrogens with zero attached hydrogens (tertiary/aromatic N) is 2. The van der Waals surface area contributed by atoms with Crippen LogP contribution >= 0.6 is 0 Å². The lowest BCUT2D eigenvalue weighted by Gasteiger charge is -2.30. The SMILES string of the molecule is CCc1ccccc1NC(=O)CN(C)C(=O)N(CC)C(C)C. The van der Waals surface area contributed by atoms with Gasteiger partial charge in [0.2, 0.25) is 5.91 Å². The lowest BCUT2D eigenvalue weighted by molar-refractivity contribution is -0.116. The van der Waals surface area contributed by atoms with Crippen LogP contribution in [0.5, 0.6) is 0 Å². The summed E-state index contributed by atoms with van der Waals surface area (Å²) in [6, 6.07) is 7.69. The van der Waals surface area contributed by atoms with Gasteiger partial charge in [-0.2, -0.15) is 0 Å². The van der Waals surface area contributed by atoms with E-state index in [4.69, 9.17) is 0 Å². The summed E-state index contributed by atoms with van der Waals surface area (Å²) >= 11 is 0. The molecule has 1 rings (SSSR count). The van der Waals surface area contributed by atoms with Crippen LogP contribution in [0.2, 0.25) is 0 Å². The molecule has 0 atom stereocenters. The molecule has 0 aliphatic rings. The molecular formula is C17H27N3O2. The maximum absolute atomic E-state index is 12.3. The number of nitrogens with one attached hydrogen (secondary N) is 1. The number of carbonyl (C=O) groups excluding carboxylic acids is 2. The van der Waals surface area contributed by atoms with Crippen LogP contribution in [0.15, 0.2) is 24.3 Å². The standard InChI is InChI=1S/C17H27N3O2/c1-6-14-10-8-9-11-15(14)18-16(21)12-19(5)17(22)20(7-2)13(3)4/h8-11,13H,6-7,12H2,1-5H3,(H,18,21). The van der Waals surface area contributed by atoms with E-state index in [0.717, 1.165) is 17.7 Å². The van der Waals surface area contributed by atoms with Crippen LogP contribution in [0, 0.1) is 0 Å². The van der Waals surface area contributed by atoms with Gasteiger partial charge in [0.1, 0.15) is 6.54 Å². The Morgan fingerprint density at radius 3 is 2.36 bits per heavy atom. The summed E-state index contributed by atoms with van der Waals surface area (Å²) in [5.41, 5.74) is 1.90. The molecule has 0 aliphatic carbocycles. The highest BCUT2D eigenvalue weighted by molar-refractivity contribution is 5.94. The lowest BCUT2D eigenvalue weighted by Crippen LogP contribution is -2.47. The number of benzene rings is 1. The maximum atomic E-state index is 12.3. The van der Waals surface area contributed by atoms with Gasteiger partial charge in [-0.05, 0) is 38.8 Å². The number of likely N-dealkylation sites (N-methyl/N-ethyl adjacent to an activating group) is 1. The van der Waals surface area contributed by atoms with Gasteiger partial charge in [0.25, 0.3) is 0 Å². The van der Waals surface area contributed by atoms with Crippen LogP contribution in [0.4, 0.5) is 10.5 Å². The van der Waals surface area contributed by atoms with Gasteiger partial charge >= 0.3 is 6.03 Å². The molecule has 1 aromatic rings. The Kier molecular flexibility index (Phi) is 6.89. The van der Waals surface area contributed by atoms with Crippen molar-refractivity contribution in [2.75, 3.05) is 25.5 Å². The number of aryl methyl sites for hydroxylation is 1. The number of carbonyl (C=O) groups is 2. The number of para-hydroxylation sites is 1. The second-order valence-corrected chi connectivity index (χ2v) is 5.58. The van der Waals surface area contributed by atoms with Crippen molar-refractivity contribution in [1.82, 2.24) is 9.80 Å². The molecule has 0 aliphatic heterocycles. The molecule has 0 spiro atoms. The minimum atomic E-state index is -0.184. The second kappa shape index (κ2) is 8.41. The van der Waals surface area contributed by atoms with Gasteiger partial charge in [0.05, 0.1) is 0 Å². The van der Waals surface area contributed by atoms with Crippen molar-refractivity contribution in [3.63, 3.8) is 0 Å². The van der Waals surface area contributed by atoms with Crippen LogP contribution < -0.4 is 5.32 Å². The molecule has 0 radical (unpaired) electrons. The maximum Gasteiger partial charge on any atom is 0.320 e. The van der Waals surface area contributed by atoms with Crippen molar-refractivity contribution in [2.24, 2.45) is 0 Å². The first-order chi connectivity index (χ1) is 10.4. The Morgan fingerprint density at radius 2 is 1.82 bits per heavy atom. The number of anilines is 1. The highest BCUT2D eigenvalue weighted by atomic mass is 16.2. The zero-order chi connectivity index (χ0) is 16.7. The molecule has 0 fully saturated rings. The first kappa shape index (κ1) is 18.0. The van der Waals surface area contributed by atoms with E-state index in [2.05, 4.69) is 5.32 Å². The molecular weight excluding hydrogens is 278 g/mol. The second-order valence-electron chi connectivity index (χ2n) is 5.58. The molecule has 1 N–H and O–H groups in total. The average Bonchev–Trinajstić information content (AvgIpc) is 2.47. The number of rotatable bonds is 6. The molecule has 1 aromatic carbocycles. The van der Waals surface area contributed by atoms with Crippen LogP contribution in [-0.4, -0.2) is 47.9 Å². The quantitative estimate of drug-likeness (QED) is 0.878. The Morgan fingerprint density at radius 1 is 1.18 bits per heavy atom. The molecule has 0 unspecified atom stereocenters. The van der Waals surface area contributed by atoms with Gasteiger partial charge < -0.3 is 15.1 Å². The highest BCUT2D eigenvalue weighted by Gasteiger charge is 2.21. The van der Waals surface area contributed by atoms with E-state index < -0.39 is 0 Å². The Labute approximate surface area is 133 Å². The molecule has 0 aromatic heterocycles. The summed E-state index contributed by atoms with van der Waals surface area (Å²) in [7, 11) is 1.65. The fourth-order valence-electron chi connectivity index (χ4n) is 2.36. The van der Waals surface area contributed by atoms with Gasteiger partial charge in [-0.15, -0.1) is 0 Å². The van der Waals surface area contributed by atoms with Gasteiger partial charge in [0, 0.05) is 25.3 Å². The van der Waals surface area contributed by atoms with Crippen LogP contribution in [-0.2, 0) is 11.2 Å². The van der Waals surface area contributed by atoms with Crippen molar-refractivity contribution < 1.29 is 9.59 Å². The topological polar surface area (TPSA) is 52.7 Å². The normalized spacial score (nSPS) is 10.5.